The van der Waals surface area contributed by atoms with Crippen LogP contribution in [0.4, 0.5) is 0 Å². The van der Waals surface area contributed by atoms with Crippen LogP contribution in [0.25, 0.3) is 0 Å². The van der Waals surface area contributed by atoms with Gasteiger partial charge in [-0.05, 0) is 92.4 Å². The topological polar surface area (TPSA) is 0 Å². The predicted octanol–water partition coefficient (Wildman–Crippen LogP) is 8.65. The summed E-state index contributed by atoms with van der Waals surface area (Å²) in [7, 11) is 0. The molecule has 3 aliphatic rings. The predicted molar refractivity (Wildman–Crippen MR) is 120 cm³/mol. The van der Waals surface area contributed by atoms with Gasteiger partial charge in [0.25, 0.3) is 0 Å². The molecule has 4 atom stereocenters. The molecule has 0 nitrogen and oxygen atoms in total. The first-order valence-electron chi connectivity index (χ1n) is 12.0. The Morgan fingerprint density at radius 1 is 1.00 bits per heavy atom. The average Bonchev–Trinajstić information content (AvgIpc) is 2.98. The fourth-order valence-electron chi connectivity index (χ4n) is 6.66. The molecule has 0 aliphatic heterocycles. The second-order valence-electron chi connectivity index (χ2n) is 10.6. The third-order valence-electron chi connectivity index (χ3n) is 8.29. The number of hydrogen-bond acceptors (Lipinski definition) is 0. The molecule has 0 aromatic heterocycles. The van der Waals surface area contributed by atoms with Crippen molar-refractivity contribution >= 4 is 0 Å². The summed E-state index contributed by atoms with van der Waals surface area (Å²) in [5.74, 6) is 3.54. The van der Waals surface area contributed by atoms with Crippen molar-refractivity contribution in [3.63, 3.8) is 0 Å². The molecule has 0 heteroatoms. The maximum Gasteiger partial charge on any atom is -0.0143 e. The second-order valence-corrected chi connectivity index (χ2v) is 10.6. The molecule has 0 radical (unpaired) electrons. The smallest absolute Gasteiger partial charge is 0.0143 e. The summed E-state index contributed by atoms with van der Waals surface area (Å²) in [6.45, 7) is 14.3. The summed E-state index contributed by atoms with van der Waals surface area (Å²) in [6, 6.07) is 0. The van der Waals surface area contributed by atoms with Gasteiger partial charge in [0.2, 0.25) is 0 Å². The SMILES string of the molecule is C=C1CCCC/C1=C\C=C1/CCC[C@@]2(C)[C@H]1CC[C@H]2[C@@H](C)CCCC(C)C. The van der Waals surface area contributed by atoms with Gasteiger partial charge in [-0.25, -0.2) is 0 Å². The molecule has 0 aromatic rings. The van der Waals surface area contributed by atoms with Crippen LogP contribution in [0.2, 0.25) is 0 Å². The van der Waals surface area contributed by atoms with Gasteiger partial charge in [0, 0.05) is 0 Å². The van der Waals surface area contributed by atoms with E-state index in [9.17, 15) is 0 Å². The van der Waals surface area contributed by atoms with Crippen LogP contribution in [0.1, 0.15) is 105 Å². The molecule has 0 N–H and O–H groups in total. The van der Waals surface area contributed by atoms with Gasteiger partial charge in [0.1, 0.15) is 0 Å². The van der Waals surface area contributed by atoms with Crippen molar-refractivity contribution < 1.29 is 0 Å². The van der Waals surface area contributed by atoms with Gasteiger partial charge in [-0.1, -0.05) is 76.8 Å². The molecule has 3 rings (SSSR count). The van der Waals surface area contributed by atoms with Crippen molar-refractivity contribution in [3.8, 4) is 0 Å². The lowest BCUT2D eigenvalue weighted by Crippen LogP contribution is -2.36. The number of rotatable bonds is 6. The second kappa shape index (κ2) is 9.15. The van der Waals surface area contributed by atoms with E-state index in [0.29, 0.717) is 5.41 Å². The lowest BCUT2D eigenvalue weighted by Gasteiger charge is -2.44. The van der Waals surface area contributed by atoms with E-state index >= 15 is 0 Å². The molecular weight excluding hydrogens is 324 g/mol. The van der Waals surface area contributed by atoms with E-state index in [1.807, 2.05) is 0 Å². The third kappa shape index (κ3) is 4.80. The summed E-state index contributed by atoms with van der Waals surface area (Å²) < 4.78 is 0. The normalized spacial score (nSPS) is 35.8. The maximum atomic E-state index is 4.32. The van der Waals surface area contributed by atoms with E-state index in [1.54, 1.807) is 5.57 Å². The Kier molecular flexibility index (Phi) is 7.09. The van der Waals surface area contributed by atoms with Crippen molar-refractivity contribution in [2.75, 3.05) is 0 Å². The Balaban J connectivity index is 1.69. The first-order valence-corrected chi connectivity index (χ1v) is 12.0. The maximum absolute atomic E-state index is 4.32. The molecule has 3 saturated carbocycles. The van der Waals surface area contributed by atoms with E-state index in [-0.39, 0.29) is 0 Å². The van der Waals surface area contributed by atoms with Crippen LogP contribution in [0, 0.1) is 29.1 Å². The molecule has 0 saturated heterocycles. The van der Waals surface area contributed by atoms with Crippen LogP contribution in [0.5, 0.6) is 0 Å². The zero-order valence-corrected chi connectivity index (χ0v) is 18.7. The minimum absolute atomic E-state index is 0.559. The van der Waals surface area contributed by atoms with E-state index < -0.39 is 0 Å². The molecule has 0 bridgehead atoms. The number of allylic oxidation sites excluding steroid dienone is 5. The zero-order chi connectivity index (χ0) is 19.4. The molecule has 3 aliphatic carbocycles. The Morgan fingerprint density at radius 2 is 1.78 bits per heavy atom. The van der Waals surface area contributed by atoms with Gasteiger partial charge in [0.05, 0.1) is 0 Å². The van der Waals surface area contributed by atoms with Crippen LogP contribution in [-0.2, 0) is 0 Å². The van der Waals surface area contributed by atoms with Gasteiger partial charge in [-0.15, -0.1) is 0 Å². The van der Waals surface area contributed by atoms with Crippen molar-refractivity contribution in [3.05, 3.63) is 35.5 Å². The van der Waals surface area contributed by atoms with Gasteiger partial charge in [-0.2, -0.15) is 0 Å². The van der Waals surface area contributed by atoms with E-state index in [4.69, 9.17) is 0 Å². The zero-order valence-electron chi connectivity index (χ0n) is 18.7. The monoisotopic (exact) mass is 368 g/mol. The van der Waals surface area contributed by atoms with Crippen LogP contribution in [0.15, 0.2) is 35.5 Å². The first-order chi connectivity index (χ1) is 12.9. The van der Waals surface area contributed by atoms with Crippen LogP contribution >= 0.6 is 0 Å². The van der Waals surface area contributed by atoms with Crippen molar-refractivity contribution in [1.29, 1.82) is 0 Å². The minimum atomic E-state index is 0.559. The summed E-state index contributed by atoms with van der Waals surface area (Å²) in [5, 5.41) is 0. The summed E-state index contributed by atoms with van der Waals surface area (Å²) in [4.78, 5) is 0. The highest BCUT2D eigenvalue weighted by Gasteiger charge is 2.50. The quantitative estimate of drug-likeness (QED) is 0.440. The first kappa shape index (κ1) is 20.9. The largest absolute Gasteiger partial charge is 0.0956 e. The average molecular weight is 369 g/mol. The minimum Gasteiger partial charge on any atom is -0.0956 e. The Hall–Kier alpha value is -0.780. The van der Waals surface area contributed by atoms with Crippen molar-refractivity contribution in [2.45, 2.75) is 105 Å². The van der Waals surface area contributed by atoms with Gasteiger partial charge >= 0.3 is 0 Å². The number of hydrogen-bond donors (Lipinski definition) is 0. The highest BCUT2D eigenvalue weighted by Crippen LogP contribution is 2.59. The van der Waals surface area contributed by atoms with Crippen LogP contribution in [0.3, 0.4) is 0 Å². The number of fused-ring (bicyclic) bond motifs is 1. The van der Waals surface area contributed by atoms with Crippen molar-refractivity contribution in [2.24, 2.45) is 29.1 Å². The third-order valence-corrected chi connectivity index (χ3v) is 8.29. The van der Waals surface area contributed by atoms with E-state index in [2.05, 4.69) is 46.4 Å². The van der Waals surface area contributed by atoms with Crippen LogP contribution < -0.4 is 0 Å². The van der Waals surface area contributed by atoms with E-state index in [0.717, 1.165) is 23.7 Å². The van der Waals surface area contributed by atoms with Crippen molar-refractivity contribution in [1.82, 2.24) is 0 Å². The van der Waals surface area contributed by atoms with Crippen LogP contribution in [-0.4, -0.2) is 0 Å². The molecular formula is C27H44. The summed E-state index contributed by atoms with van der Waals surface area (Å²) >= 11 is 0. The molecule has 3 fully saturated rings. The molecule has 0 aromatic carbocycles. The summed E-state index contributed by atoms with van der Waals surface area (Å²) in [6.07, 6.45) is 21.5. The highest BCUT2D eigenvalue weighted by molar-refractivity contribution is 5.35. The van der Waals surface area contributed by atoms with Gasteiger partial charge in [0.15, 0.2) is 0 Å². The standard InChI is InChI=1S/C27H44/c1-20(2)10-8-12-22(4)25-17-18-26-24(14-9-19-27(25,26)5)16-15-23-13-7-6-11-21(23)3/h15-16,20,22,25-26H,3,6-14,17-19H2,1-2,4-5H3/b23-15+,24-16+/t22-,25-,26-,27+/m0/s1. The fraction of sp³-hybridized carbons (Fsp3) is 0.778. The molecule has 0 spiro atoms. The molecule has 0 heterocycles. The Labute approximate surface area is 169 Å². The van der Waals surface area contributed by atoms with Gasteiger partial charge in [-0.3, -0.25) is 0 Å². The van der Waals surface area contributed by atoms with Gasteiger partial charge < -0.3 is 0 Å². The lowest BCUT2D eigenvalue weighted by molar-refractivity contribution is 0.0929. The van der Waals surface area contributed by atoms with E-state index in [1.165, 1.54) is 88.2 Å². The lowest BCUT2D eigenvalue weighted by atomic mass is 9.60. The molecule has 0 amide bonds. The Bertz CT molecular complexity index is 575. The summed E-state index contributed by atoms with van der Waals surface area (Å²) in [5.41, 5.74) is 5.27. The Morgan fingerprint density at radius 3 is 2.52 bits per heavy atom. The highest BCUT2D eigenvalue weighted by atomic mass is 14.5. The molecule has 27 heavy (non-hydrogen) atoms. The fourth-order valence-corrected chi connectivity index (χ4v) is 6.66. The molecule has 152 valence electrons. The molecule has 0 unspecified atom stereocenters.